The SMILES string of the molecule is CCN(C)C=Nc1cc(C)c(C(=O)OCc2ccc(C(F)(F)F)cc2)cc1C. The molecule has 0 aliphatic heterocycles. The predicted octanol–water partition coefficient (Wildman–Crippen LogP) is 5.29. The first-order valence-corrected chi connectivity index (χ1v) is 8.80. The van der Waals surface area contributed by atoms with Crippen LogP contribution in [0.2, 0.25) is 0 Å². The molecule has 0 aliphatic carbocycles. The number of ether oxygens (including phenoxy) is 1. The van der Waals surface area contributed by atoms with Crippen molar-refractivity contribution in [1.82, 2.24) is 4.90 Å². The molecule has 0 saturated carbocycles. The average Bonchev–Trinajstić information content (AvgIpc) is 2.65. The van der Waals surface area contributed by atoms with E-state index in [0.29, 0.717) is 16.7 Å². The Bertz CT molecular complexity index is 859. The standard InChI is InChI=1S/C21H23F3N2O2/c1-5-26(4)13-25-19-11-14(2)18(10-15(19)3)20(27)28-12-16-6-8-17(9-7-16)21(22,23)24/h6-11,13H,5,12H2,1-4H3. The molecule has 0 atom stereocenters. The third-order valence-corrected chi connectivity index (χ3v) is 4.31. The van der Waals surface area contributed by atoms with Gasteiger partial charge in [-0.15, -0.1) is 0 Å². The minimum absolute atomic E-state index is 0.101. The Labute approximate surface area is 162 Å². The monoisotopic (exact) mass is 392 g/mol. The molecule has 0 saturated heterocycles. The van der Waals surface area contributed by atoms with Gasteiger partial charge in [0.15, 0.2) is 0 Å². The van der Waals surface area contributed by atoms with E-state index in [4.69, 9.17) is 4.74 Å². The Morgan fingerprint density at radius 3 is 2.36 bits per heavy atom. The zero-order valence-corrected chi connectivity index (χ0v) is 16.3. The van der Waals surface area contributed by atoms with Gasteiger partial charge in [-0.3, -0.25) is 0 Å². The topological polar surface area (TPSA) is 41.9 Å². The Morgan fingerprint density at radius 1 is 1.14 bits per heavy atom. The van der Waals surface area contributed by atoms with Crippen molar-refractivity contribution in [2.75, 3.05) is 13.6 Å². The smallest absolute Gasteiger partial charge is 0.416 e. The summed E-state index contributed by atoms with van der Waals surface area (Å²) in [4.78, 5) is 18.7. The number of hydrogen-bond acceptors (Lipinski definition) is 3. The average molecular weight is 392 g/mol. The number of esters is 1. The minimum atomic E-state index is -4.39. The van der Waals surface area contributed by atoms with Gasteiger partial charge in [-0.1, -0.05) is 12.1 Å². The molecule has 4 nitrogen and oxygen atoms in total. The Hall–Kier alpha value is -2.83. The van der Waals surface area contributed by atoms with Crippen LogP contribution in [0.25, 0.3) is 0 Å². The molecule has 0 spiro atoms. The molecule has 0 aliphatic rings. The highest BCUT2D eigenvalue weighted by Gasteiger charge is 2.29. The van der Waals surface area contributed by atoms with E-state index < -0.39 is 17.7 Å². The first-order valence-electron chi connectivity index (χ1n) is 8.80. The summed E-state index contributed by atoms with van der Waals surface area (Å²) in [5.41, 5.74) is 2.46. The van der Waals surface area contributed by atoms with E-state index in [9.17, 15) is 18.0 Å². The summed E-state index contributed by atoms with van der Waals surface area (Å²) in [6.07, 6.45) is -2.66. The largest absolute Gasteiger partial charge is 0.457 e. The fourth-order valence-electron chi connectivity index (χ4n) is 2.42. The number of carbonyl (C=O) groups excluding carboxylic acids is 1. The molecule has 7 heteroatoms. The number of benzene rings is 2. The highest BCUT2D eigenvalue weighted by Crippen LogP contribution is 2.29. The van der Waals surface area contributed by atoms with Crippen LogP contribution in [0.15, 0.2) is 41.4 Å². The molecular weight excluding hydrogens is 369 g/mol. The van der Waals surface area contributed by atoms with Crippen LogP contribution in [-0.2, 0) is 17.5 Å². The molecule has 28 heavy (non-hydrogen) atoms. The summed E-state index contributed by atoms with van der Waals surface area (Å²) < 4.78 is 43.0. The third kappa shape index (κ3) is 5.58. The van der Waals surface area contributed by atoms with Gasteiger partial charge in [0.25, 0.3) is 0 Å². The molecule has 0 unspecified atom stereocenters. The van der Waals surface area contributed by atoms with Crippen LogP contribution in [-0.4, -0.2) is 30.8 Å². The van der Waals surface area contributed by atoms with Crippen molar-refractivity contribution in [3.05, 3.63) is 64.2 Å². The van der Waals surface area contributed by atoms with Gasteiger partial charge in [0.05, 0.1) is 23.2 Å². The summed E-state index contributed by atoms with van der Waals surface area (Å²) in [5.74, 6) is -0.526. The van der Waals surface area contributed by atoms with Crippen LogP contribution in [0, 0.1) is 13.8 Å². The molecule has 0 bridgehead atoms. The van der Waals surface area contributed by atoms with Crippen LogP contribution >= 0.6 is 0 Å². The van der Waals surface area contributed by atoms with Crippen molar-refractivity contribution in [3.63, 3.8) is 0 Å². The van der Waals surface area contributed by atoms with Crippen molar-refractivity contribution in [2.45, 2.75) is 33.6 Å². The van der Waals surface area contributed by atoms with Crippen molar-refractivity contribution in [2.24, 2.45) is 4.99 Å². The van der Waals surface area contributed by atoms with Crippen LogP contribution < -0.4 is 0 Å². The lowest BCUT2D eigenvalue weighted by Crippen LogP contribution is -2.14. The highest BCUT2D eigenvalue weighted by atomic mass is 19.4. The molecular formula is C21H23F3N2O2. The minimum Gasteiger partial charge on any atom is -0.457 e. The first kappa shape index (κ1) is 21.5. The summed E-state index contributed by atoms with van der Waals surface area (Å²) in [7, 11) is 1.92. The molecule has 150 valence electrons. The predicted molar refractivity (Wildman–Crippen MR) is 103 cm³/mol. The molecule has 0 aromatic heterocycles. The second-order valence-electron chi connectivity index (χ2n) is 6.54. The Balaban J connectivity index is 2.08. The van der Waals surface area contributed by atoms with Gasteiger partial charge in [0.2, 0.25) is 0 Å². The number of hydrogen-bond donors (Lipinski definition) is 0. The van der Waals surface area contributed by atoms with Gasteiger partial charge in [0, 0.05) is 13.6 Å². The Kier molecular flexibility index (Phi) is 6.83. The molecule has 0 heterocycles. The summed E-state index contributed by atoms with van der Waals surface area (Å²) >= 11 is 0. The molecule has 2 aromatic rings. The maximum Gasteiger partial charge on any atom is 0.416 e. The second kappa shape index (κ2) is 8.91. The number of nitrogens with zero attached hydrogens (tertiary/aromatic N) is 2. The van der Waals surface area contributed by atoms with E-state index in [1.165, 1.54) is 12.1 Å². The lowest BCUT2D eigenvalue weighted by atomic mass is 10.0. The van der Waals surface area contributed by atoms with Gasteiger partial charge in [-0.05, 0) is 61.7 Å². The van der Waals surface area contributed by atoms with Gasteiger partial charge >= 0.3 is 12.1 Å². The van der Waals surface area contributed by atoms with E-state index in [0.717, 1.165) is 29.9 Å². The van der Waals surface area contributed by atoms with Crippen molar-refractivity contribution in [1.29, 1.82) is 0 Å². The van der Waals surface area contributed by atoms with E-state index in [2.05, 4.69) is 4.99 Å². The molecule has 2 aromatic carbocycles. The fraction of sp³-hybridized carbons (Fsp3) is 0.333. The van der Waals surface area contributed by atoms with Gasteiger partial charge in [0.1, 0.15) is 6.61 Å². The van der Waals surface area contributed by atoms with Crippen LogP contribution in [0.3, 0.4) is 0 Å². The number of alkyl halides is 3. The molecule has 0 radical (unpaired) electrons. The van der Waals surface area contributed by atoms with Gasteiger partial charge in [-0.2, -0.15) is 13.2 Å². The lowest BCUT2D eigenvalue weighted by molar-refractivity contribution is -0.137. The quantitative estimate of drug-likeness (QED) is 0.381. The molecule has 0 amide bonds. The number of carbonyl (C=O) groups is 1. The van der Waals surface area contributed by atoms with Crippen molar-refractivity contribution in [3.8, 4) is 0 Å². The van der Waals surface area contributed by atoms with E-state index >= 15 is 0 Å². The van der Waals surface area contributed by atoms with Crippen LogP contribution in [0.5, 0.6) is 0 Å². The zero-order chi connectivity index (χ0) is 20.9. The molecule has 0 fully saturated rings. The zero-order valence-electron chi connectivity index (χ0n) is 16.3. The highest BCUT2D eigenvalue weighted by molar-refractivity contribution is 5.92. The maximum absolute atomic E-state index is 12.6. The number of aliphatic imine (C=N–C) groups is 1. The van der Waals surface area contributed by atoms with Crippen LogP contribution in [0.1, 0.15) is 39.5 Å². The number of rotatable bonds is 6. The summed E-state index contributed by atoms with van der Waals surface area (Å²) in [6, 6.07) is 8.07. The van der Waals surface area contributed by atoms with E-state index in [-0.39, 0.29) is 6.61 Å². The second-order valence-corrected chi connectivity index (χ2v) is 6.54. The lowest BCUT2D eigenvalue weighted by Gasteiger charge is -2.12. The van der Waals surface area contributed by atoms with Crippen molar-refractivity contribution < 1.29 is 22.7 Å². The normalized spacial score (nSPS) is 11.7. The Morgan fingerprint density at radius 2 is 1.79 bits per heavy atom. The van der Waals surface area contributed by atoms with Gasteiger partial charge in [-0.25, -0.2) is 9.79 Å². The first-order chi connectivity index (χ1) is 13.1. The number of halogens is 3. The molecule has 0 N–H and O–H groups in total. The van der Waals surface area contributed by atoms with E-state index in [1.54, 1.807) is 19.3 Å². The van der Waals surface area contributed by atoms with Crippen molar-refractivity contribution >= 4 is 18.0 Å². The number of aryl methyl sites for hydroxylation is 2. The third-order valence-electron chi connectivity index (χ3n) is 4.31. The summed E-state index contributed by atoms with van der Waals surface area (Å²) in [5, 5.41) is 0. The van der Waals surface area contributed by atoms with Crippen LogP contribution in [0.4, 0.5) is 18.9 Å². The van der Waals surface area contributed by atoms with E-state index in [1.807, 2.05) is 31.9 Å². The van der Waals surface area contributed by atoms with Gasteiger partial charge < -0.3 is 9.64 Å². The fourth-order valence-corrected chi connectivity index (χ4v) is 2.42. The summed E-state index contributed by atoms with van der Waals surface area (Å²) in [6.45, 7) is 6.38. The maximum atomic E-state index is 12.6. The molecule has 2 rings (SSSR count).